The fourth-order valence-electron chi connectivity index (χ4n) is 2.95. The summed E-state index contributed by atoms with van der Waals surface area (Å²) >= 11 is 0. The summed E-state index contributed by atoms with van der Waals surface area (Å²) in [5.74, 6) is -1.68. The zero-order chi connectivity index (χ0) is 20.3. The van der Waals surface area contributed by atoms with E-state index in [2.05, 4.69) is 38.3 Å². The van der Waals surface area contributed by atoms with Gasteiger partial charge in [0.15, 0.2) is 17.0 Å². The van der Waals surface area contributed by atoms with Gasteiger partial charge in [-0.15, -0.1) is 5.10 Å². The van der Waals surface area contributed by atoms with Crippen molar-refractivity contribution in [3.05, 3.63) is 42.8 Å². The van der Waals surface area contributed by atoms with Crippen LogP contribution in [-0.2, 0) is 17.5 Å². The molecule has 28 heavy (non-hydrogen) atoms. The van der Waals surface area contributed by atoms with Crippen molar-refractivity contribution in [1.82, 2.24) is 29.9 Å². The zero-order valence-electron chi connectivity index (χ0n) is 15.1. The van der Waals surface area contributed by atoms with Crippen molar-refractivity contribution in [3.63, 3.8) is 0 Å². The van der Waals surface area contributed by atoms with Crippen LogP contribution >= 0.6 is 0 Å². The van der Waals surface area contributed by atoms with Gasteiger partial charge in [-0.3, -0.25) is 4.90 Å². The van der Waals surface area contributed by atoms with Gasteiger partial charge in [-0.05, 0) is 5.57 Å². The summed E-state index contributed by atoms with van der Waals surface area (Å²) < 4.78 is 45.9. The Bertz CT molecular complexity index is 906. The molecule has 1 aliphatic heterocycles. The maximum atomic E-state index is 13.0. The number of aromatic nitrogens is 5. The van der Waals surface area contributed by atoms with Gasteiger partial charge in [0.1, 0.15) is 0 Å². The molecule has 1 aliphatic rings. The molecule has 0 bridgehead atoms. The molecule has 0 radical (unpaired) electrons. The number of hydrogen-bond acceptors (Lipinski definition) is 7. The van der Waals surface area contributed by atoms with Crippen LogP contribution in [0.4, 0.5) is 19.0 Å². The largest absolute Gasteiger partial charge is 0.451 e. The summed E-state index contributed by atoms with van der Waals surface area (Å²) in [6.45, 7) is 10.1. The second kappa shape index (κ2) is 8.07. The number of rotatable bonds is 6. The van der Waals surface area contributed by atoms with Crippen LogP contribution in [0, 0.1) is 0 Å². The number of fused-ring (bicyclic) bond motifs is 1. The molecule has 11 heteroatoms. The summed E-state index contributed by atoms with van der Waals surface area (Å²) in [4.78, 5) is 8.99. The number of allylic oxidation sites excluding steroid dienone is 2. The van der Waals surface area contributed by atoms with Crippen molar-refractivity contribution < 1.29 is 17.9 Å². The van der Waals surface area contributed by atoms with Gasteiger partial charge in [0.25, 0.3) is 0 Å². The molecule has 0 aromatic carbocycles. The topological polar surface area (TPSA) is 95.0 Å². The lowest BCUT2D eigenvalue weighted by atomic mass is 10.2. The Morgan fingerprint density at radius 3 is 2.79 bits per heavy atom. The molecule has 0 saturated carbocycles. The molecule has 1 saturated heterocycles. The van der Waals surface area contributed by atoms with Crippen LogP contribution in [0.1, 0.15) is 5.82 Å². The van der Waals surface area contributed by atoms with Gasteiger partial charge in [0.2, 0.25) is 5.82 Å². The number of halogens is 3. The number of alkyl halides is 3. The van der Waals surface area contributed by atoms with E-state index in [0.717, 1.165) is 12.1 Å². The van der Waals surface area contributed by atoms with Crippen molar-refractivity contribution in [2.45, 2.75) is 18.8 Å². The van der Waals surface area contributed by atoms with Gasteiger partial charge >= 0.3 is 6.18 Å². The van der Waals surface area contributed by atoms with Crippen molar-refractivity contribution in [2.24, 2.45) is 0 Å². The number of morpholine rings is 1. The van der Waals surface area contributed by atoms with Gasteiger partial charge in [0.05, 0.1) is 19.3 Å². The number of nitrogens with two attached hydrogens (primary N) is 1. The number of hydrogen-bond donors (Lipinski definition) is 1. The summed E-state index contributed by atoms with van der Waals surface area (Å²) in [5.41, 5.74) is 6.56. The third-order valence-electron chi connectivity index (χ3n) is 4.24. The Labute approximate surface area is 159 Å². The van der Waals surface area contributed by atoms with Crippen molar-refractivity contribution in [1.29, 1.82) is 0 Å². The molecule has 2 aromatic rings. The van der Waals surface area contributed by atoms with Crippen molar-refractivity contribution in [3.8, 4) is 0 Å². The summed E-state index contributed by atoms with van der Waals surface area (Å²) in [6.07, 6.45) is 0.322. The van der Waals surface area contributed by atoms with Gasteiger partial charge in [-0.1, -0.05) is 36.6 Å². The fourth-order valence-corrected chi connectivity index (χ4v) is 2.95. The summed E-state index contributed by atoms with van der Waals surface area (Å²) in [6, 6.07) is 0. The number of anilines is 1. The van der Waals surface area contributed by atoms with Gasteiger partial charge in [0, 0.05) is 19.6 Å². The van der Waals surface area contributed by atoms with Crippen LogP contribution in [0.2, 0.25) is 0 Å². The minimum Gasteiger partial charge on any atom is -0.382 e. The van der Waals surface area contributed by atoms with Crippen LogP contribution in [0.5, 0.6) is 0 Å². The van der Waals surface area contributed by atoms with Gasteiger partial charge in [-0.25, -0.2) is 14.6 Å². The highest BCUT2D eigenvalue weighted by Crippen LogP contribution is 2.28. The van der Waals surface area contributed by atoms with E-state index in [-0.39, 0.29) is 29.6 Å². The lowest BCUT2D eigenvalue weighted by molar-refractivity contribution is -0.144. The van der Waals surface area contributed by atoms with Crippen LogP contribution in [0.25, 0.3) is 11.2 Å². The third kappa shape index (κ3) is 4.37. The molecule has 150 valence electrons. The highest BCUT2D eigenvalue weighted by Gasteiger charge is 2.36. The average Bonchev–Trinajstić information content (AvgIpc) is 3.04. The number of nitrogen functional groups attached to an aromatic ring is 1. The Kier molecular flexibility index (Phi) is 5.75. The predicted molar refractivity (Wildman–Crippen MR) is 97.2 cm³/mol. The minimum atomic E-state index is -4.71. The Morgan fingerprint density at radius 2 is 2.11 bits per heavy atom. The molecule has 2 aromatic heterocycles. The van der Waals surface area contributed by atoms with E-state index < -0.39 is 12.0 Å². The lowest BCUT2D eigenvalue weighted by Crippen LogP contribution is -2.44. The first-order chi connectivity index (χ1) is 13.3. The average molecular weight is 395 g/mol. The van der Waals surface area contributed by atoms with E-state index >= 15 is 0 Å². The Hall–Kier alpha value is -2.79. The van der Waals surface area contributed by atoms with Crippen LogP contribution in [0.3, 0.4) is 0 Å². The van der Waals surface area contributed by atoms with E-state index in [9.17, 15) is 13.2 Å². The predicted octanol–water partition coefficient (Wildman–Crippen LogP) is 1.82. The molecule has 2 N–H and O–H groups in total. The zero-order valence-corrected chi connectivity index (χ0v) is 15.1. The highest BCUT2D eigenvalue weighted by atomic mass is 19.4. The van der Waals surface area contributed by atoms with Crippen molar-refractivity contribution in [2.75, 3.05) is 32.0 Å². The molecule has 1 fully saturated rings. The molecule has 3 rings (SSSR count). The van der Waals surface area contributed by atoms with E-state index in [1.165, 1.54) is 4.68 Å². The standard InChI is InChI=1S/C17H20F3N7O/c1-3-5-11(4-2)8-26-6-7-28-12(9-26)10-27-15-13(24-25-27)14(21)22-16(23-15)17(18,19)20/h3-5,12H,1-2,6-10H2,(H2,21,22,23)/b11-5+/t12-/m1/s1. The normalized spacial score (nSPS) is 19.1. The van der Waals surface area contributed by atoms with Crippen molar-refractivity contribution >= 4 is 17.0 Å². The third-order valence-corrected chi connectivity index (χ3v) is 4.24. The fraction of sp³-hybridized carbons (Fsp3) is 0.412. The molecule has 3 heterocycles. The monoisotopic (exact) mass is 395 g/mol. The van der Waals surface area contributed by atoms with E-state index in [1.54, 1.807) is 12.2 Å². The number of nitrogens with zero attached hydrogens (tertiary/aromatic N) is 6. The SMILES string of the molecule is C=C/C=C(\C=C)CN1CCO[C@@H](Cn2nnc3c(N)nc(C(F)(F)F)nc32)C1. The Balaban J connectivity index is 1.78. The molecule has 0 aliphatic carbocycles. The molecule has 0 unspecified atom stereocenters. The summed E-state index contributed by atoms with van der Waals surface area (Å²) in [5, 5.41) is 7.69. The number of ether oxygens (including phenoxy) is 1. The van der Waals surface area contributed by atoms with E-state index in [4.69, 9.17) is 10.5 Å². The first kappa shape index (κ1) is 20.0. The van der Waals surface area contributed by atoms with Crippen LogP contribution < -0.4 is 5.73 Å². The maximum Gasteiger partial charge on any atom is 0.451 e. The molecule has 8 nitrogen and oxygen atoms in total. The smallest absolute Gasteiger partial charge is 0.382 e. The van der Waals surface area contributed by atoms with Gasteiger partial charge in [-0.2, -0.15) is 13.2 Å². The van der Waals surface area contributed by atoms with E-state index in [0.29, 0.717) is 19.7 Å². The van der Waals surface area contributed by atoms with Crippen LogP contribution in [0.15, 0.2) is 37.0 Å². The highest BCUT2D eigenvalue weighted by molar-refractivity contribution is 5.80. The first-order valence-corrected chi connectivity index (χ1v) is 8.53. The molecule has 0 spiro atoms. The quantitative estimate of drug-likeness (QED) is 0.746. The lowest BCUT2D eigenvalue weighted by Gasteiger charge is -2.33. The second-order valence-corrected chi connectivity index (χ2v) is 6.28. The van der Waals surface area contributed by atoms with Crippen LogP contribution in [-0.4, -0.2) is 62.2 Å². The minimum absolute atomic E-state index is 0.0310. The molecular formula is C17H20F3N7O. The summed E-state index contributed by atoms with van der Waals surface area (Å²) in [7, 11) is 0. The molecule has 0 amide bonds. The Morgan fingerprint density at radius 1 is 1.32 bits per heavy atom. The molecule has 1 atom stereocenters. The maximum absolute atomic E-state index is 13.0. The first-order valence-electron chi connectivity index (χ1n) is 8.53. The van der Waals surface area contributed by atoms with Gasteiger partial charge < -0.3 is 10.5 Å². The van der Waals surface area contributed by atoms with E-state index in [1.807, 2.05) is 6.08 Å². The second-order valence-electron chi connectivity index (χ2n) is 6.28. The molecular weight excluding hydrogens is 375 g/mol.